The third-order valence-corrected chi connectivity index (χ3v) is 1.62. The van der Waals surface area contributed by atoms with E-state index in [1.165, 1.54) is 0 Å². The lowest BCUT2D eigenvalue weighted by Gasteiger charge is -1.95. The normalized spacial score (nSPS) is 9.27. The third kappa shape index (κ3) is 4.33. The van der Waals surface area contributed by atoms with E-state index in [4.69, 9.17) is 5.73 Å². The summed E-state index contributed by atoms with van der Waals surface area (Å²) in [7, 11) is 0. The van der Waals surface area contributed by atoms with Crippen LogP contribution in [-0.2, 0) is 0 Å². The van der Waals surface area contributed by atoms with Crippen LogP contribution in [0.4, 0.5) is 5.82 Å². The van der Waals surface area contributed by atoms with Crippen molar-refractivity contribution in [2.45, 2.75) is 17.4 Å². The number of hydrogen-bond donors (Lipinski definition) is 1. The molecular weight excluding hydrogens is 199 g/mol. The van der Waals surface area contributed by atoms with Crippen molar-refractivity contribution in [2.75, 3.05) is 5.73 Å². The zero-order chi connectivity index (χ0) is 11.3. The Hall–Kier alpha value is -1.04. The first-order valence-corrected chi connectivity index (χ1v) is 8.67. The second-order valence-electron chi connectivity index (χ2n) is 4.16. The molecule has 2 rings (SSSR count). The number of rotatable bonds is 0. The van der Waals surface area contributed by atoms with Crippen molar-refractivity contribution in [3.63, 3.8) is 0 Å². The van der Waals surface area contributed by atoms with Gasteiger partial charge in [0.25, 0.3) is 14.1 Å². The number of nitrogens with two attached hydrogens (primary N) is 1. The average molecular weight is 216 g/mol. The molecule has 1 aromatic heterocycles. The molecule has 2 nitrogen and oxygen atoms in total. The molecule has 0 aliphatic heterocycles. The molecule has 0 saturated carbocycles. The number of pyridine rings is 1. The molecule has 78 valence electrons. The molecule has 2 N–H and O–H groups in total. The number of fused-ring (bicyclic) bond motifs is 1. The molecular formula is C12H17AlN2. The first-order chi connectivity index (χ1) is 7.09. The Balaban J connectivity index is 0.000000245. The van der Waals surface area contributed by atoms with E-state index in [9.17, 15) is 0 Å². The maximum atomic E-state index is 5.51. The van der Waals surface area contributed by atoms with Gasteiger partial charge in [-0.2, -0.15) is 0 Å². The predicted octanol–water partition coefficient (Wildman–Crippen LogP) is 3.19. The molecule has 2 aromatic rings. The molecule has 0 unspecified atom stereocenters. The molecule has 0 aliphatic carbocycles. The van der Waals surface area contributed by atoms with Gasteiger partial charge in [-0.25, -0.2) is 4.98 Å². The van der Waals surface area contributed by atoms with Gasteiger partial charge in [-0.1, -0.05) is 18.2 Å². The molecule has 0 saturated heterocycles. The van der Waals surface area contributed by atoms with E-state index in [2.05, 4.69) is 22.3 Å². The summed E-state index contributed by atoms with van der Waals surface area (Å²) in [5.41, 5.74) is 6.46. The molecule has 0 fully saturated rings. The fraction of sp³-hybridized carbons (Fsp3) is 0.250. The van der Waals surface area contributed by atoms with Crippen molar-refractivity contribution in [3.8, 4) is 0 Å². The molecule has 0 radical (unpaired) electrons. The van der Waals surface area contributed by atoms with Gasteiger partial charge in [0.1, 0.15) is 5.82 Å². The van der Waals surface area contributed by atoms with E-state index in [-0.39, 0.29) is 14.1 Å². The molecule has 0 aliphatic rings. The fourth-order valence-corrected chi connectivity index (χ4v) is 1.08. The van der Waals surface area contributed by atoms with Crippen molar-refractivity contribution in [2.24, 2.45) is 0 Å². The number of aromatic nitrogens is 1. The van der Waals surface area contributed by atoms with Crippen LogP contribution in [0.15, 0.2) is 36.4 Å². The zero-order valence-corrected chi connectivity index (χ0v) is 10.7. The second-order valence-corrected chi connectivity index (χ2v) is 7.62. The van der Waals surface area contributed by atoms with Gasteiger partial charge in [0.15, 0.2) is 0 Å². The standard InChI is InChI=1S/C9H8N2.3CH3.Al/c10-9-6-5-7-3-1-2-4-8(7)11-9;;;;/h1-6H,(H2,10,11);3*1H3;. The highest BCUT2D eigenvalue weighted by atomic mass is 27.2. The Labute approximate surface area is 95.5 Å². The van der Waals surface area contributed by atoms with Crippen LogP contribution >= 0.6 is 0 Å². The van der Waals surface area contributed by atoms with E-state index < -0.39 is 0 Å². The first kappa shape index (κ1) is 12.0. The Bertz CT molecular complexity index is 424. The maximum absolute atomic E-state index is 5.51. The van der Waals surface area contributed by atoms with Crippen LogP contribution in [0.25, 0.3) is 10.9 Å². The highest BCUT2D eigenvalue weighted by molar-refractivity contribution is 6.54. The molecule has 0 atom stereocenters. The second kappa shape index (κ2) is 5.75. The number of benzene rings is 1. The van der Waals surface area contributed by atoms with Gasteiger partial charge in [0, 0.05) is 5.39 Å². The van der Waals surface area contributed by atoms with E-state index in [0.29, 0.717) is 5.82 Å². The number of hydrogen-bond acceptors (Lipinski definition) is 2. The molecule has 0 bridgehead atoms. The summed E-state index contributed by atoms with van der Waals surface area (Å²) in [6.45, 7) is 0. The summed E-state index contributed by atoms with van der Waals surface area (Å²) >= 11 is -0.139. The summed E-state index contributed by atoms with van der Waals surface area (Å²) in [5.74, 6) is 7.49. The number of nitrogens with zero attached hydrogens (tertiary/aromatic N) is 1. The lowest BCUT2D eigenvalue weighted by atomic mass is 10.2. The SMILES string of the molecule is Nc1ccc2ccccc2n1.[CH3][Al]([CH3])[CH3]. The number of nitrogen functional groups attached to an aromatic ring is 1. The molecule has 3 heteroatoms. The molecule has 0 spiro atoms. The minimum Gasteiger partial charge on any atom is -0.384 e. The Morgan fingerprint density at radius 3 is 2.27 bits per heavy atom. The van der Waals surface area contributed by atoms with Crippen LogP contribution in [0.1, 0.15) is 0 Å². The molecule has 0 amide bonds. The predicted molar refractivity (Wildman–Crippen MR) is 69.5 cm³/mol. The maximum Gasteiger partial charge on any atom is 0.251 e. The molecule has 15 heavy (non-hydrogen) atoms. The van der Waals surface area contributed by atoms with E-state index in [0.717, 1.165) is 10.9 Å². The molecule has 1 heterocycles. The van der Waals surface area contributed by atoms with Crippen LogP contribution in [0, 0.1) is 0 Å². The summed E-state index contributed by atoms with van der Waals surface area (Å²) in [4.78, 5) is 4.15. The monoisotopic (exact) mass is 216 g/mol. The summed E-state index contributed by atoms with van der Waals surface area (Å²) in [5, 5.41) is 1.13. The number of para-hydroxylation sites is 1. The van der Waals surface area contributed by atoms with Crippen LogP contribution in [0.5, 0.6) is 0 Å². The quantitative estimate of drug-likeness (QED) is 0.687. The van der Waals surface area contributed by atoms with Crippen LogP contribution in [0.3, 0.4) is 0 Å². The lowest BCUT2D eigenvalue weighted by Crippen LogP contribution is -1.88. The number of anilines is 1. The summed E-state index contributed by atoms with van der Waals surface area (Å²) in [6, 6.07) is 11.7. The summed E-state index contributed by atoms with van der Waals surface area (Å²) < 4.78 is 0. The van der Waals surface area contributed by atoms with Gasteiger partial charge in [-0.3, -0.25) is 0 Å². The average Bonchev–Trinajstić information content (AvgIpc) is 2.16. The smallest absolute Gasteiger partial charge is 0.251 e. The zero-order valence-electron chi connectivity index (χ0n) is 9.57. The third-order valence-electron chi connectivity index (χ3n) is 1.62. The largest absolute Gasteiger partial charge is 0.384 e. The minimum atomic E-state index is -0.139. The van der Waals surface area contributed by atoms with Gasteiger partial charge < -0.3 is 5.73 Å². The van der Waals surface area contributed by atoms with E-state index in [1.807, 2.05) is 36.4 Å². The van der Waals surface area contributed by atoms with Gasteiger partial charge in [0.2, 0.25) is 0 Å². The van der Waals surface area contributed by atoms with Crippen molar-refractivity contribution in [1.29, 1.82) is 0 Å². The highest BCUT2D eigenvalue weighted by Crippen LogP contribution is 2.11. The van der Waals surface area contributed by atoms with Crippen molar-refractivity contribution >= 4 is 30.9 Å². The fourth-order valence-electron chi connectivity index (χ4n) is 1.08. The summed E-state index contributed by atoms with van der Waals surface area (Å²) in [6.07, 6.45) is 0. The van der Waals surface area contributed by atoms with Crippen molar-refractivity contribution in [1.82, 2.24) is 4.98 Å². The van der Waals surface area contributed by atoms with Gasteiger partial charge in [-0.15, -0.1) is 17.4 Å². The van der Waals surface area contributed by atoms with Gasteiger partial charge in [0.05, 0.1) is 5.52 Å². The van der Waals surface area contributed by atoms with Crippen LogP contribution in [-0.4, -0.2) is 19.1 Å². The van der Waals surface area contributed by atoms with Gasteiger partial charge in [-0.05, 0) is 18.2 Å². The highest BCUT2D eigenvalue weighted by Gasteiger charge is 1.91. The topological polar surface area (TPSA) is 38.9 Å². The Kier molecular flexibility index (Phi) is 4.61. The van der Waals surface area contributed by atoms with Crippen molar-refractivity contribution in [3.05, 3.63) is 36.4 Å². The van der Waals surface area contributed by atoms with E-state index >= 15 is 0 Å². The Morgan fingerprint density at radius 2 is 1.60 bits per heavy atom. The van der Waals surface area contributed by atoms with E-state index in [1.54, 1.807) is 0 Å². The molecule has 1 aromatic carbocycles. The lowest BCUT2D eigenvalue weighted by molar-refractivity contribution is 1.42. The van der Waals surface area contributed by atoms with Crippen LogP contribution in [0.2, 0.25) is 17.4 Å². The Morgan fingerprint density at radius 1 is 1.00 bits per heavy atom. The minimum absolute atomic E-state index is 0.139. The van der Waals surface area contributed by atoms with Crippen LogP contribution < -0.4 is 5.73 Å². The van der Waals surface area contributed by atoms with Crippen molar-refractivity contribution < 1.29 is 0 Å². The first-order valence-electron chi connectivity index (χ1n) is 5.21. The van der Waals surface area contributed by atoms with Gasteiger partial charge >= 0.3 is 0 Å².